The minimum atomic E-state index is -0.648. The molecule has 0 aliphatic carbocycles. The van der Waals surface area contributed by atoms with Crippen molar-refractivity contribution in [2.45, 2.75) is 39.4 Å². The van der Waals surface area contributed by atoms with Gasteiger partial charge in [-0.05, 0) is 44.4 Å². The summed E-state index contributed by atoms with van der Waals surface area (Å²) in [4.78, 5) is 29.9. The second-order valence-corrected chi connectivity index (χ2v) is 8.81. The van der Waals surface area contributed by atoms with Crippen molar-refractivity contribution >= 4 is 28.7 Å². The zero-order chi connectivity index (χ0) is 23.8. The third kappa shape index (κ3) is 4.33. The number of methoxy groups -OCH3 is 2. The van der Waals surface area contributed by atoms with Crippen LogP contribution in [0.1, 0.15) is 42.4 Å². The third-order valence-corrected chi connectivity index (χ3v) is 5.38. The van der Waals surface area contributed by atoms with Crippen molar-refractivity contribution in [2.75, 3.05) is 25.7 Å². The van der Waals surface area contributed by atoms with E-state index in [9.17, 15) is 9.59 Å². The second-order valence-electron chi connectivity index (χ2n) is 8.81. The predicted octanol–water partition coefficient (Wildman–Crippen LogP) is 4.84. The SMILES string of the molecule is COC(=O)c1cc2c3c(c(OCc4ccccc4)c(OC)c2[nH]1)N(C(=O)OC(C)(C)C)CC3. The fourth-order valence-corrected chi connectivity index (χ4v) is 4.01. The van der Waals surface area contributed by atoms with Crippen molar-refractivity contribution in [1.82, 2.24) is 4.98 Å². The first kappa shape index (κ1) is 22.5. The van der Waals surface area contributed by atoms with E-state index in [-0.39, 0.29) is 6.61 Å². The average Bonchev–Trinajstić information content (AvgIpc) is 3.41. The van der Waals surface area contributed by atoms with Crippen LogP contribution in [0.3, 0.4) is 0 Å². The number of nitrogens with one attached hydrogen (secondary N) is 1. The number of aromatic amines is 1. The fraction of sp³-hybridized carbons (Fsp3) is 0.360. The topological polar surface area (TPSA) is 90.1 Å². The average molecular weight is 453 g/mol. The van der Waals surface area contributed by atoms with Crippen LogP contribution in [0.2, 0.25) is 0 Å². The van der Waals surface area contributed by atoms with Gasteiger partial charge >= 0.3 is 12.1 Å². The van der Waals surface area contributed by atoms with E-state index < -0.39 is 17.7 Å². The number of hydrogen-bond acceptors (Lipinski definition) is 6. The number of benzene rings is 2. The van der Waals surface area contributed by atoms with Crippen LogP contribution in [-0.2, 0) is 22.5 Å². The van der Waals surface area contributed by atoms with Crippen molar-refractivity contribution in [3.63, 3.8) is 0 Å². The molecule has 0 bridgehead atoms. The van der Waals surface area contributed by atoms with Crippen LogP contribution in [0.5, 0.6) is 11.5 Å². The molecular formula is C25H28N2O6. The summed E-state index contributed by atoms with van der Waals surface area (Å²) in [6.45, 7) is 6.18. The standard InChI is InChI=1S/C25H28N2O6/c1-25(2,3)33-24(29)27-12-11-16-17-13-18(23(28)31-5)26-19(17)21(30-4)22(20(16)27)32-14-15-9-7-6-8-10-15/h6-10,13,26H,11-12,14H2,1-5H3. The van der Waals surface area contributed by atoms with Gasteiger partial charge in [-0.15, -0.1) is 0 Å². The van der Waals surface area contributed by atoms with Gasteiger partial charge in [0.2, 0.25) is 0 Å². The van der Waals surface area contributed by atoms with E-state index in [1.54, 1.807) is 11.0 Å². The molecule has 0 saturated carbocycles. The van der Waals surface area contributed by atoms with Crippen LogP contribution in [0.15, 0.2) is 36.4 Å². The van der Waals surface area contributed by atoms with Crippen molar-refractivity contribution in [2.24, 2.45) is 0 Å². The molecule has 4 rings (SSSR count). The fourth-order valence-electron chi connectivity index (χ4n) is 4.01. The number of hydrogen-bond donors (Lipinski definition) is 1. The van der Waals surface area contributed by atoms with Gasteiger partial charge in [-0.3, -0.25) is 4.90 Å². The van der Waals surface area contributed by atoms with E-state index in [4.69, 9.17) is 18.9 Å². The number of esters is 1. The number of aromatic nitrogens is 1. The highest BCUT2D eigenvalue weighted by Gasteiger charge is 2.36. The van der Waals surface area contributed by atoms with Crippen molar-refractivity contribution in [1.29, 1.82) is 0 Å². The number of nitrogens with zero attached hydrogens (tertiary/aromatic N) is 1. The molecule has 2 aromatic carbocycles. The summed E-state index contributed by atoms with van der Waals surface area (Å²) >= 11 is 0. The molecule has 1 N–H and O–H groups in total. The Bertz CT molecular complexity index is 1190. The lowest BCUT2D eigenvalue weighted by Gasteiger charge is -2.26. The number of fused-ring (bicyclic) bond motifs is 3. The molecule has 1 amide bonds. The van der Waals surface area contributed by atoms with Crippen molar-refractivity contribution in [3.05, 3.63) is 53.2 Å². The number of carbonyl (C=O) groups is 2. The van der Waals surface area contributed by atoms with Gasteiger partial charge in [0.05, 0.1) is 25.4 Å². The Morgan fingerprint density at radius 3 is 2.45 bits per heavy atom. The summed E-state index contributed by atoms with van der Waals surface area (Å²) in [6, 6.07) is 11.4. The van der Waals surface area contributed by atoms with Gasteiger partial charge in [-0.1, -0.05) is 30.3 Å². The maximum absolute atomic E-state index is 13.1. The molecular weight excluding hydrogens is 424 g/mol. The van der Waals surface area contributed by atoms with Crippen LogP contribution in [-0.4, -0.2) is 43.4 Å². The molecule has 33 heavy (non-hydrogen) atoms. The molecule has 2 heterocycles. The summed E-state index contributed by atoms with van der Waals surface area (Å²) < 4.78 is 22.5. The molecule has 174 valence electrons. The molecule has 8 heteroatoms. The Morgan fingerprint density at radius 2 is 1.82 bits per heavy atom. The van der Waals surface area contributed by atoms with Gasteiger partial charge < -0.3 is 23.9 Å². The van der Waals surface area contributed by atoms with Crippen molar-refractivity contribution < 1.29 is 28.5 Å². The molecule has 1 aliphatic heterocycles. The number of rotatable bonds is 5. The zero-order valence-electron chi connectivity index (χ0n) is 19.5. The molecule has 1 aromatic heterocycles. The van der Waals surface area contributed by atoms with Crippen LogP contribution in [0, 0.1) is 0 Å². The van der Waals surface area contributed by atoms with E-state index in [0.717, 1.165) is 16.5 Å². The number of anilines is 1. The Balaban J connectivity index is 1.87. The molecule has 0 unspecified atom stereocenters. The maximum atomic E-state index is 13.1. The summed E-state index contributed by atoms with van der Waals surface area (Å²) in [6.07, 6.45) is 0.117. The molecule has 0 atom stereocenters. The number of ether oxygens (including phenoxy) is 4. The number of amides is 1. The second kappa shape index (κ2) is 8.69. The normalized spacial score (nSPS) is 13.1. The smallest absolute Gasteiger partial charge is 0.414 e. The van der Waals surface area contributed by atoms with E-state index >= 15 is 0 Å². The summed E-state index contributed by atoms with van der Waals surface area (Å²) in [5.74, 6) is 0.339. The van der Waals surface area contributed by atoms with Crippen molar-refractivity contribution in [3.8, 4) is 11.5 Å². The first-order valence-electron chi connectivity index (χ1n) is 10.7. The zero-order valence-corrected chi connectivity index (χ0v) is 19.5. The Kier molecular flexibility index (Phi) is 5.93. The molecule has 0 spiro atoms. The van der Waals surface area contributed by atoms with E-state index in [0.29, 0.717) is 41.4 Å². The molecule has 0 saturated heterocycles. The van der Waals surface area contributed by atoms with Gasteiger partial charge in [0, 0.05) is 11.9 Å². The summed E-state index contributed by atoms with van der Waals surface area (Å²) in [5, 5.41) is 0.778. The minimum absolute atomic E-state index is 0.280. The van der Waals surface area contributed by atoms with Crippen LogP contribution < -0.4 is 14.4 Å². The Hall–Kier alpha value is -3.68. The number of carbonyl (C=O) groups excluding carboxylic acids is 2. The minimum Gasteiger partial charge on any atom is -0.491 e. The Labute approximate surface area is 192 Å². The number of H-pyrrole nitrogens is 1. The lowest BCUT2D eigenvalue weighted by atomic mass is 10.1. The summed E-state index contributed by atoms with van der Waals surface area (Å²) in [7, 11) is 2.86. The highest BCUT2D eigenvalue weighted by atomic mass is 16.6. The molecule has 3 aromatic rings. The molecule has 8 nitrogen and oxygen atoms in total. The van der Waals surface area contributed by atoms with E-state index in [2.05, 4.69) is 4.98 Å². The van der Waals surface area contributed by atoms with Gasteiger partial charge in [-0.2, -0.15) is 0 Å². The molecule has 1 aliphatic rings. The monoisotopic (exact) mass is 452 g/mol. The third-order valence-electron chi connectivity index (χ3n) is 5.38. The summed E-state index contributed by atoms with van der Waals surface area (Å²) in [5.41, 5.74) is 2.71. The Morgan fingerprint density at radius 1 is 1.09 bits per heavy atom. The van der Waals surface area contributed by atoms with Gasteiger partial charge in [0.15, 0.2) is 11.5 Å². The first-order valence-corrected chi connectivity index (χ1v) is 10.7. The highest BCUT2D eigenvalue weighted by molar-refractivity contribution is 6.06. The van der Waals surface area contributed by atoms with Gasteiger partial charge in [-0.25, -0.2) is 9.59 Å². The quantitative estimate of drug-likeness (QED) is 0.557. The van der Waals surface area contributed by atoms with E-state index in [1.807, 2.05) is 51.1 Å². The van der Waals surface area contributed by atoms with Gasteiger partial charge in [0.1, 0.15) is 17.9 Å². The van der Waals surface area contributed by atoms with Crippen LogP contribution >= 0.6 is 0 Å². The maximum Gasteiger partial charge on any atom is 0.414 e. The highest BCUT2D eigenvalue weighted by Crippen LogP contribution is 2.50. The van der Waals surface area contributed by atoms with Crippen LogP contribution in [0.25, 0.3) is 10.9 Å². The lowest BCUT2D eigenvalue weighted by Crippen LogP contribution is -2.35. The van der Waals surface area contributed by atoms with Crippen LogP contribution in [0.4, 0.5) is 10.5 Å². The lowest BCUT2D eigenvalue weighted by molar-refractivity contribution is 0.0577. The molecule has 0 radical (unpaired) electrons. The van der Waals surface area contributed by atoms with E-state index in [1.165, 1.54) is 14.2 Å². The molecule has 0 fully saturated rings. The van der Waals surface area contributed by atoms with Gasteiger partial charge in [0.25, 0.3) is 0 Å². The predicted molar refractivity (Wildman–Crippen MR) is 124 cm³/mol. The largest absolute Gasteiger partial charge is 0.491 e. The first-order chi connectivity index (χ1) is 15.7.